The molecule has 1 spiro atoms. The van der Waals surface area contributed by atoms with Crippen molar-refractivity contribution in [1.29, 1.82) is 0 Å². The van der Waals surface area contributed by atoms with Gasteiger partial charge in [0, 0.05) is 10.8 Å². The van der Waals surface area contributed by atoms with Gasteiger partial charge in [-0.2, -0.15) is 11.8 Å². The van der Waals surface area contributed by atoms with Crippen molar-refractivity contribution < 1.29 is 14.3 Å². The Balaban J connectivity index is 2.48. The maximum Gasteiger partial charge on any atom is 0.310 e. The van der Waals surface area contributed by atoms with Gasteiger partial charge in [-0.1, -0.05) is 27.7 Å². The van der Waals surface area contributed by atoms with Crippen LogP contribution in [-0.2, 0) is 14.3 Å². The fraction of sp³-hybridized carbons (Fsp3) is 0.846. The molecule has 96 valence electrons. The van der Waals surface area contributed by atoms with Gasteiger partial charge >= 0.3 is 5.97 Å². The maximum absolute atomic E-state index is 12.3. The van der Waals surface area contributed by atoms with Gasteiger partial charge in [-0.05, 0) is 12.2 Å². The molecule has 1 aliphatic heterocycles. The largest absolute Gasteiger partial charge is 0.469 e. The number of ketones is 1. The zero-order valence-corrected chi connectivity index (χ0v) is 11.9. The summed E-state index contributed by atoms with van der Waals surface area (Å²) in [6.07, 6.45) is 0.817. The Kier molecular flexibility index (Phi) is 2.66. The molecule has 0 N–H and O–H groups in total. The second-order valence-electron chi connectivity index (χ2n) is 6.03. The highest BCUT2D eigenvalue weighted by molar-refractivity contribution is 8.01. The zero-order chi connectivity index (χ0) is 13.1. The Morgan fingerprint density at radius 3 is 2.29 bits per heavy atom. The minimum atomic E-state index is -0.434. The van der Waals surface area contributed by atoms with E-state index in [2.05, 4.69) is 0 Å². The summed E-state index contributed by atoms with van der Waals surface area (Å²) in [5.74, 6) is 0.872. The summed E-state index contributed by atoms with van der Waals surface area (Å²) in [5, 5.41) is 0. The molecule has 0 aromatic carbocycles. The van der Waals surface area contributed by atoms with E-state index in [1.54, 1.807) is 11.8 Å². The Morgan fingerprint density at radius 1 is 1.29 bits per heavy atom. The predicted molar refractivity (Wildman–Crippen MR) is 67.9 cm³/mol. The molecular weight excluding hydrogens is 236 g/mol. The van der Waals surface area contributed by atoms with Gasteiger partial charge in [-0.15, -0.1) is 0 Å². The average molecular weight is 256 g/mol. The number of ether oxygens (including phenoxy) is 1. The Labute approximate surface area is 107 Å². The summed E-state index contributed by atoms with van der Waals surface area (Å²) in [5.41, 5.74) is -0.868. The number of esters is 1. The van der Waals surface area contributed by atoms with Gasteiger partial charge in [0.1, 0.15) is 5.78 Å². The molecule has 1 unspecified atom stereocenters. The highest BCUT2D eigenvalue weighted by atomic mass is 32.2. The lowest BCUT2D eigenvalue weighted by molar-refractivity contribution is -0.171. The monoisotopic (exact) mass is 256 g/mol. The van der Waals surface area contributed by atoms with Crippen LogP contribution in [-0.4, -0.2) is 29.4 Å². The third-order valence-electron chi connectivity index (χ3n) is 4.70. The van der Waals surface area contributed by atoms with Crippen molar-refractivity contribution in [1.82, 2.24) is 0 Å². The fourth-order valence-electron chi connectivity index (χ4n) is 4.14. The maximum atomic E-state index is 12.3. The van der Waals surface area contributed by atoms with E-state index < -0.39 is 10.8 Å². The van der Waals surface area contributed by atoms with Crippen molar-refractivity contribution >= 4 is 23.5 Å². The molecule has 0 bridgehead atoms. The molecule has 4 heteroatoms. The van der Waals surface area contributed by atoms with Gasteiger partial charge < -0.3 is 4.74 Å². The van der Waals surface area contributed by atoms with Crippen LogP contribution < -0.4 is 0 Å². The van der Waals surface area contributed by atoms with Crippen LogP contribution in [0, 0.1) is 16.7 Å². The first-order valence-electron chi connectivity index (χ1n) is 6.00. The van der Waals surface area contributed by atoms with Crippen molar-refractivity contribution in [2.45, 2.75) is 38.9 Å². The molecule has 3 nitrogen and oxygen atoms in total. The van der Waals surface area contributed by atoms with Crippen LogP contribution in [0.3, 0.4) is 0 Å². The summed E-state index contributed by atoms with van der Waals surface area (Å²) >= 11 is 1.78. The molecule has 0 aromatic rings. The van der Waals surface area contributed by atoms with E-state index in [0.717, 1.165) is 12.2 Å². The smallest absolute Gasteiger partial charge is 0.310 e. The molecule has 2 rings (SSSR count). The number of methoxy groups -OCH3 is 1. The second kappa shape index (κ2) is 3.50. The molecule has 1 atom stereocenters. The van der Waals surface area contributed by atoms with Gasteiger partial charge in [0.25, 0.3) is 0 Å². The highest BCUT2D eigenvalue weighted by Crippen LogP contribution is 2.71. The molecule has 2 aliphatic rings. The van der Waals surface area contributed by atoms with Crippen LogP contribution in [0.15, 0.2) is 0 Å². The van der Waals surface area contributed by atoms with Crippen LogP contribution in [0.5, 0.6) is 0 Å². The van der Waals surface area contributed by atoms with Crippen LogP contribution in [0.1, 0.15) is 34.1 Å². The van der Waals surface area contributed by atoms with Crippen molar-refractivity contribution in [3.05, 3.63) is 0 Å². The third-order valence-corrected chi connectivity index (χ3v) is 6.91. The van der Waals surface area contributed by atoms with E-state index >= 15 is 0 Å². The summed E-state index contributed by atoms with van der Waals surface area (Å²) in [6.45, 7) is 7.87. The minimum Gasteiger partial charge on any atom is -0.469 e. The van der Waals surface area contributed by atoms with E-state index in [9.17, 15) is 9.59 Å². The van der Waals surface area contributed by atoms with Crippen molar-refractivity contribution in [3.8, 4) is 0 Å². The predicted octanol–water partition coefficient (Wildman–Crippen LogP) is 2.29. The van der Waals surface area contributed by atoms with Crippen LogP contribution in [0.2, 0.25) is 0 Å². The standard InChI is InChI=1S/C13H20O3S/c1-11(2)10(15)12(3,4)13(11)8(6-7-17-13)9(14)16-5/h8H,6-7H2,1-5H3. The normalized spacial score (nSPS) is 32.3. The Morgan fingerprint density at radius 2 is 1.82 bits per heavy atom. The Hall–Kier alpha value is -0.510. The number of Topliss-reactive ketones (excluding diaryl/α,β-unsaturated/α-hetero) is 1. The van der Waals surface area contributed by atoms with Crippen molar-refractivity contribution in [2.75, 3.05) is 12.9 Å². The Bertz CT molecular complexity index is 366. The number of rotatable bonds is 1. The van der Waals surface area contributed by atoms with Gasteiger partial charge in [0.2, 0.25) is 0 Å². The topological polar surface area (TPSA) is 43.4 Å². The summed E-state index contributed by atoms with van der Waals surface area (Å²) < 4.78 is 4.64. The highest BCUT2D eigenvalue weighted by Gasteiger charge is 2.77. The number of hydrogen-bond donors (Lipinski definition) is 0. The van der Waals surface area contributed by atoms with Crippen molar-refractivity contribution in [2.24, 2.45) is 16.7 Å². The van der Waals surface area contributed by atoms with E-state index in [-0.39, 0.29) is 22.4 Å². The summed E-state index contributed by atoms with van der Waals surface area (Å²) in [6, 6.07) is 0. The van der Waals surface area contributed by atoms with Gasteiger partial charge in [0.15, 0.2) is 0 Å². The molecule has 17 heavy (non-hydrogen) atoms. The van der Waals surface area contributed by atoms with E-state index in [1.807, 2.05) is 27.7 Å². The first-order valence-corrected chi connectivity index (χ1v) is 6.98. The SMILES string of the molecule is COC(=O)C1CCSC12C(C)(C)C(=O)C2(C)C. The number of carbonyl (C=O) groups excluding carboxylic acids is 2. The third kappa shape index (κ3) is 1.20. The van der Waals surface area contributed by atoms with E-state index in [4.69, 9.17) is 4.74 Å². The van der Waals surface area contributed by atoms with Crippen LogP contribution >= 0.6 is 11.8 Å². The van der Waals surface area contributed by atoms with E-state index in [1.165, 1.54) is 7.11 Å². The molecule has 2 fully saturated rings. The molecule has 1 heterocycles. The van der Waals surface area contributed by atoms with E-state index in [0.29, 0.717) is 0 Å². The first kappa shape index (κ1) is 12.9. The number of thioether (sulfide) groups is 1. The molecule has 0 radical (unpaired) electrons. The zero-order valence-electron chi connectivity index (χ0n) is 11.1. The molecule has 0 aromatic heterocycles. The number of hydrogen-bond acceptors (Lipinski definition) is 4. The first-order chi connectivity index (χ1) is 7.73. The molecule has 0 amide bonds. The lowest BCUT2D eigenvalue weighted by Crippen LogP contribution is -2.74. The summed E-state index contributed by atoms with van der Waals surface area (Å²) in [4.78, 5) is 24.2. The molecule has 1 aliphatic carbocycles. The van der Waals surface area contributed by atoms with Gasteiger partial charge in [-0.25, -0.2) is 0 Å². The molecule has 1 saturated heterocycles. The molecular formula is C13H20O3S. The average Bonchev–Trinajstić information content (AvgIpc) is 2.73. The fourth-order valence-corrected chi connectivity index (χ4v) is 6.13. The van der Waals surface area contributed by atoms with Crippen molar-refractivity contribution in [3.63, 3.8) is 0 Å². The van der Waals surface area contributed by atoms with Crippen LogP contribution in [0.25, 0.3) is 0 Å². The minimum absolute atomic E-state index is 0.153. The summed E-state index contributed by atoms with van der Waals surface area (Å²) in [7, 11) is 1.43. The quantitative estimate of drug-likeness (QED) is 0.675. The van der Waals surface area contributed by atoms with Gasteiger partial charge in [-0.3, -0.25) is 9.59 Å². The van der Waals surface area contributed by atoms with Gasteiger partial charge in [0.05, 0.1) is 17.8 Å². The second-order valence-corrected chi connectivity index (χ2v) is 7.37. The molecule has 1 saturated carbocycles. The van der Waals surface area contributed by atoms with Crippen LogP contribution in [0.4, 0.5) is 0 Å². The number of carbonyl (C=O) groups is 2. The lowest BCUT2D eigenvalue weighted by atomic mass is 9.43. The lowest BCUT2D eigenvalue weighted by Gasteiger charge is -2.65.